The molecule has 0 bridgehead atoms. The highest BCUT2D eigenvalue weighted by Crippen LogP contribution is 2.13. The molecule has 0 aliphatic carbocycles. The molecule has 0 aliphatic rings. The predicted octanol–water partition coefficient (Wildman–Crippen LogP) is 1.43. The minimum absolute atomic E-state index is 0.222. The number of nitrogens with one attached hydrogen (secondary N) is 1. The Balaban J connectivity index is 2.73. The molecular weight excluding hydrogens is 235 g/mol. The molecule has 4 nitrogen and oxygen atoms in total. The molecule has 94 valence electrons. The maximum atomic E-state index is 13.1. The largest absolute Gasteiger partial charge is 0.351 e. The Morgan fingerprint density at radius 1 is 1.39 bits per heavy atom. The number of carbonyl (C=O) groups excluding carboxylic acids is 1. The number of fused-ring (bicyclic) bond motifs is 1. The average molecular weight is 248 g/mol. The maximum absolute atomic E-state index is 13.1. The molecule has 1 aromatic carbocycles. The van der Waals surface area contributed by atoms with Crippen LogP contribution in [0.15, 0.2) is 29.1 Å². The number of halogens is 1. The fourth-order valence-corrected chi connectivity index (χ4v) is 1.85. The van der Waals surface area contributed by atoms with Gasteiger partial charge in [-0.25, -0.2) is 4.39 Å². The first-order chi connectivity index (χ1) is 8.54. The molecule has 0 saturated carbocycles. The molecule has 0 fully saturated rings. The van der Waals surface area contributed by atoms with Gasteiger partial charge in [-0.3, -0.25) is 9.59 Å². The molecule has 18 heavy (non-hydrogen) atoms. The molecule has 1 amide bonds. The zero-order chi connectivity index (χ0) is 13.3. The SMILES string of the molecule is CCNC(=O)c1cc2cc(F)ccc2c(=O)n1C. The van der Waals surface area contributed by atoms with Crippen molar-refractivity contribution in [1.29, 1.82) is 0 Å². The highest BCUT2D eigenvalue weighted by atomic mass is 19.1. The van der Waals surface area contributed by atoms with Crippen LogP contribution >= 0.6 is 0 Å². The number of nitrogens with zero attached hydrogens (tertiary/aromatic N) is 1. The Hall–Kier alpha value is -2.17. The Bertz CT molecular complexity index is 676. The third kappa shape index (κ3) is 1.99. The van der Waals surface area contributed by atoms with Crippen molar-refractivity contribution in [1.82, 2.24) is 9.88 Å². The molecule has 0 spiro atoms. The summed E-state index contributed by atoms with van der Waals surface area (Å²) >= 11 is 0. The van der Waals surface area contributed by atoms with Gasteiger partial charge in [-0.1, -0.05) is 0 Å². The summed E-state index contributed by atoms with van der Waals surface area (Å²) in [5.74, 6) is -0.777. The third-order valence-corrected chi connectivity index (χ3v) is 2.77. The maximum Gasteiger partial charge on any atom is 0.268 e. The summed E-state index contributed by atoms with van der Waals surface area (Å²) in [6.07, 6.45) is 0. The number of pyridine rings is 1. The van der Waals surface area contributed by atoms with Crippen molar-refractivity contribution in [2.45, 2.75) is 6.92 Å². The molecule has 0 radical (unpaired) electrons. The summed E-state index contributed by atoms with van der Waals surface area (Å²) in [7, 11) is 1.52. The van der Waals surface area contributed by atoms with Crippen molar-refractivity contribution in [3.05, 3.63) is 46.1 Å². The summed E-state index contributed by atoms with van der Waals surface area (Å²) in [6, 6.07) is 5.42. The van der Waals surface area contributed by atoms with Crippen molar-refractivity contribution in [2.75, 3.05) is 6.54 Å². The average Bonchev–Trinajstić information content (AvgIpc) is 2.33. The first-order valence-electron chi connectivity index (χ1n) is 5.62. The molecular formula is C13H13FN2O2. The molecule has 1 aromatic heterocycles. The van der Waals surface area contributed by atoms with Crippen LogP contribution in [0, 0.1) is 5.82 Å². The van der Waals surface area contributed by atoms with Gasteiger partial charge in [-0.2, -0.15) is 0 Å². The standard InChI is InChI=1S/C13H13FN2O2/c1-3-15-12(17)11-7-8-6-9(14)4-5-10(8)13(18)16(11)2/h4-7H,3H2,1-2H3,(H,15,17). The minimum atomic E-state index is -0.433. The van der Waals surface area contributed by atoms with Gasteiger partial charge >= 0.3 is 0 Å². The Labute approximate surface area is 103 Å². The summed E-state index contributed by atoms with van der Waals surface area (Å²) in [6.45, 7) is 2.25. The fourth-order valence-electron chi connectivity index (χ4n) is 1.85. The Kier molecular flexibility index (Phi) is 3.14. The molecule has 1 heterocycles. The Morgan fingerprint density at radius 3 is 2.78 bits per heavy atom. The van der Waals surface area contributed by atoms with Crippen molar-refractivity contribution >= 4 is 16.7 Å². The molecule has 0 aliphatic heterocycles. The number of benzene rings is 1. The minimum Gasteiger partial charge on any atom is -0.351 e. The van der Waals surface area contributed by atoms with Crippen LogP contribution in [0.1, 0.15) is 17.4 Å². The highest BCUT2D eigenvalue weighted by molar-refractivity contribution is 5.96. The van der Waals surface area contributed by atoms with Crippen LogP contribution in [-0.4, -0.2) is 17.0 Å². The third-order valence-electron chi connectivity index (χ3n) is 2.77. The first-order valence-corrected chi connectivity index (χ1v) is 5.62. The van der Waals surface area contributed by atoms with Gasteiger partial charge in [0.15, 0.2) is 0 Å². The van der Waals surface area contributed by atoms with Gasteiger partial charge in [0, 0.05) is 19.0 Å². The first kappa shape index (κ1) is 12.3. The molecule has 0 unspecified atom stereocenters. The number of aromatic nitrogens is 1. The number of hydrogen-bond acceptors (Lipinski definition) is 2. The monoisotopic (exact) mass is 248 g/mol. The van der Waals surface area contributed by atoms with Crippen molar-refractivity contribution in [3.8, 4) is 0 Å². The van der Waals surface area contributed by atoms with Crippen molar-refractivity contribution < 1.29 is 9.18 Å². The zero-order valence-electron chi connectivity index (χ0n) is 10.2. The molecule has 5 heteroatoms. The molecule has 2 rings (SSSR count). The van der Waals surface area contributed by atoms with Crippen LogP contribution in [0.5, 0.6) is 0 Å². The lowest BCUT2D eigenvalue weighted by Crippen LogP contribution is -2.30. The van der Waals surface area contributed by atoms with E-state index in [1.165, 1.54) is 35.9 Å². The van der Waals surface area contributed by atoms with Crippen molar-refractivity contribution in [3.63, 3.8) is 0 Å². The van der Waals surface area contributed by atoms with Gasteiger partial charge in [0.25, 0.3) is 11.5 Å². The van der Waals surface area contributed by atoms with Gasteiger partial charge in [-0.05, 0) is 36.6 Å². The van der Waals surface area contributed by atoms with E-state index in [2.05, 4.69) is 5.32 Å². The zero-order valence-corrected chi connectivity index (χ0v) is 10.2. The highest BCUT2D eigenvalue weighted by Gasteiger charge is 2.12. The smallest absolute Gasteiger partial charge is 0.268 e. The number of hydrogen-bond donors (Lipinski definition) is 1. The summed E-state index contributed by atoms with van der Waals surface area (Å²) in [5, 5.41) is 3.44. The van der Waals surface area contributed by atoms with Crippen molar-refractivity contribution in [2.24, 2.45) is 7.05 Å². The lowest BCUT2D eigenvalue weighted by molar-refractivity contribution is 0.0946. The normalized spacial score (nSPS) is 10.6. The van der Waals surface area contributed by atoms with Crippen LogP contribution in [0.4, 0.5) is 4.39 Å². The second-order valence-corrected chi connectivity index (χ2v) is 3.98. The second kappa shape index (κ2) is 4.60. The van der Waals surface area contributed by atoms with Crippen LogP contribution in [-0.2, 0) is 7.05 Å². The van der Waals surface area contributed by atoms with Crippen LogP contribution in [0.25, 0.3) is 10.8 Å². The number of carbonyl (C=O) groups is 1. The van der Waals surface area contributed by atoms with Gasteiger partial charge in [-0.15, -0.1) is 0 Å². The number of amides is 1. The van der Waals surface area contributed by atoms with Gasteiger partial charge in [0.05, 0.1) is 0 Å². The van der Waals surface area contributed by atoms with E-state index in [1.807, 2.05) is 0 Å². The predicted molar refractivity (Wildman–Crippen MR) is 67.2 cm³/mol. The summed E-state index contributed by atoms with van der Waals surface area (Å²) in [4.78, 5) is 23.8. The van der Waals surface area contributed by atoms with E-state index >= 15 is 0 Å². The van der Waals surface area contributed by atoms with E-state index in [-0.39, 0.29) is 17.2 Å². The van der Waals surface area contributed by atoms with E-state index in [1.54, 1.807) is 6.92 Å². The molecule has 2 aromatic rings. The molecule has 0 atom stereocenters. The molecule has 1 N–H and O–H groups in total. The van der Waals surface area contributed by atoms with Crippen LogP contribution in [0.2, 0.25) is 0 Å². The topological polar surface area (TPSA) is 51.1 Å². The lowest BCUT2D eigenvalue weighted by Gasteiger charge is -2.09. The fraction of sp³-hybridized carbons (Fsp3) is 0.231. The summed E-state index contributed by atoms with van der Waals surface area (Å²) in [5.41, 5.74) is -0.0892. The summed E-state index contributed by atoms with van der Waals surface area (Å²) < 4.78 is 14.4. The van der Waals surface area contributed by atoms with E-state index in [9.17, 15) is 14.0 Å². The second-order valence-electron chi connectivity index (χ2n) is 3.98. The van der Waals surface area contributed by atoms with E-state index in [0.29, 0.717) is 17.3 Å². The van der Waals surface area contributed by atoms with Crippen LogP contribution < -0.4 is 10.9 Å². The Morgan fingerprint density at radius 2 is 2.11 bits per heavy atom. The molecule has 0 saturated heterocycles. The quantitative estimate of drug-likeness (QED) is 0.874. The van der Waals surface area contributed by atoms with Gasteiger partial charge in [0.1, 0.15) is 11.5 Å². The van der Waals surface area contributed by atoms with Gasteiger partial charge < -0.3 is 9.88 Å². The van der Waals surface area contributed by atoms with Crippen LogP contribution in [0.3, 0.4) is 0 Å². The van der Waals surface area contributed by atoms with E-state index in [4.69, 9.17) is 0 Å². The number of rotatable bonds is 2. The van der Waals surface area contributed by atoms with E-state index < -0.39 is 5.82 Å². The van der Waals surface area contributed by atoms with E-state index in [0.717, 1.165) is 0 Å². The van der Waals surface area contributed by atoms with Gasteiger partial charge in [0.2, 0.25) is 0 Å². The lowest BCUT2D eigenvalue weighted by atomic mass is 10.1.